The smallest absolute Gasteiger partial charge is 0.224 e. The number of hydrogen-bond acceptors (Lipinski definition) is 4. The van der Waals surface area contributed by atoms with Gasteiger partial charge in [-0.05, 0) is 51.8 Å². The van der Waals surface area contributed by atoms with Crippen LogP contribution >= 0.6 is 0 Å². The lowest BCUT2D eigenvalue weighted by Gasteiger charge is -2.26. The van der Waals surface area contributed by atoms with Crippen molar-refractivity contribution in [1.82, 2.24) is 15.6 Å². The molecule has 2 heterocycles. The summed E-state index contributed by atoms with van der Waals surface area (Å²) in [6.45, 7) is 8.31. The number of ether oxygens (including phenoxy) is 1. The van der Waals surface area contributed by atoms with Crippen molar-refractivity contribution in [2.24, 2.45) is 17.8 Å². The van der Waals surface area contributed by atoms with E-state index in [1.54, 1.807) is 6.20 Å². The van der Waals surface area contributed by atoms with Crippen molar-refractivity contribution in [2.75, 3.05) is 19.7 Å². The van der Waals surface area contributed by atoms with Gasteiger partial charge in [-0.3, -0.25) is 4.79 Å². The van der Waals surface area contributed by atoms with Gasteiger partial charge in [0.25, 0.3) is 0 Å². The average Bonchev–Trinajstić information content (AvgIpc) is 2.92. The Balaban J connectivity index is 1.52. The van der Waals surface area contributed by atoms with Crippen LogP contribution in [-0.4, -0.2) is 36.1 Å². The Kier molecular flexibility index (Phi) is 3.61. The number of piperidine rings is 1. The van der Waals surface area contributed by atoms with Gasteiger partial charge in [0.05, 0.1) is 5.54 Å². The third kappa shape index (κ3) is 3.02. The van der Waals surface area contributed by atoms with E-state index >= 15 is 0 Å². The minimum Gasteiger partial charge on any atom is -0.475 e. The predicted octanol–water partition coefficient (Wildman–Crippen LogP) is 1.13. The molecule has 3 atom stereocenters. The molecular formula is C16H23N3O2. The Morgan fingerprint density at radius 1 is 1.48 bits per heavy atom. The molecule has 0 aromatic carbocycles. The van der Waals surface area contributed by atoms with E-state index < -0.39 is 5.54 Å². The first-order valence-corrected chi connectivity index (χ1v) is 7.55. The second-order valence-corrected chi connectivity index (χ2v) is 6.80. The van der Waals surface area contributed by atoms with Crippen LogP contribution in [0.1, 0.15) is 19.4 Å². The second kappa shape index (κ2) is 5.30. The number of aryl methyl sites for hydroxylation is 1. The van der Waals surface area contributed by atoms with Crippen molar-refractivity contribution < 1.29 is 9.53 Å². The van der Waals surface area contributed by atoms with E-state index in [1.807, 2.05) is 32.9 Å². The van der Waals surface area contributed by atoms with Crippen LogP contribution in [0.15, 0.2) is 18.3 Å². The second-order valence-electron chi connectivity index (χ2n) is 6.80. The van der Waals surface area contributed by atoms with Crippen molar-refractivity contribution >= 4 is 5.91 Å². The van der Waals surface area contributed by atoms with Gasteiger partial charge in [0, 0.05) is 17.7 Å². The summed E-state index contributed by atoms with van der Waals surface area (Å²) in [6.07, 6.45) is 1.71. The Hall–Kier alpha value is -1.62. The van der Waals surface area contributed by atoms with Gasteiger partial charge in [0.1, 0.15) is 6.61 Å². The zero-order valence-corrected chi connectivity index (χ0v) is 12.8. The number of carbonyl (C=O) groups excluding carboxylic acids is 1. The monoisotopic (exact) mass is 289 g/mol. The maximum Gasteiger partial charge on any atom is 0.224 e. The number of rotatable bonds is 5. The van der Waals surface area contributed by atoms with Crippen LogP contribution in [0, 0.1) is 24.7 Å². The molecule has 1 aliphatic carbocycles. The van der Waals surface area contributed by atoms with Gasteiger partial charge in [-0.25, -0.2) is 4.98 Å². The van der Waals surface area contributed by atoms with Gasteiger partial charge in [-0.2, -0.15) is 0 Å². The SMILES string of the molecule is Cc1cccnc1OCC(C)(C)NC(=O)[C@H]1[C@@H]2CNC[C@@H]21. The number of carbonyl (C=O) groups is 1. The fourth-order valence-corrected chi connectivity index (χ4v) is 3.13. The van der Waals surface area contributed by atoms with Crippen molar-refractivity contribution in [3.05, 3.63) is 23.9 Å². The van der Waals surface area contributed by atoms with Crippen molar-refractivity contribution in [2.45, 2.75) is 26.3 Å². The van der Waals surface area contributed by atoms with Gasteiger partial charge in [0.2, 0.25) is 11.8 Å². The molecule has 1 amide bonds. The third-order valence-electron chi connectivity index (χ3n) is 4.39. The molecule has 1 aromatic heterocycles. The largest absolute Gasteiger partial charge is 0.475 e. The van der Waals surface area contributed by atoms with Crippen molar-refractivity contribution in [1.29, 1.82) is 0 Å². The molecule has 3 rings (SSSR count). The van der Waals surface area contributed by atoms with Crippen LogP contribution in [0.5, 0.6) is 5.88 Å². The normalized spacial score (nSPS) is 27.1. The van der Waals surface area contributed by atoms with Gasteiger partial charge in [-0.1, -0.05) is 6.07 Å². The van der Waals surface area contributed by atoms with Crippen LogP contribution < -0.4 is 15.4 Å². The van der Waals surface area contributed by atoms with Crippen LogP contribution in [0.4, 0.5) is 0 Å². The van der Waals surface area contributed by atoms with E-state index in [4.69, 9.17) is 4.74 Å². The lowest BCUT2D eigenvalue weighted by Crippen LogP contribution is -2.49. The van der Waals surface area contributed by atoms with Gasteiger partial charge >= 0.3 is 0 Å². The molecule has 114 valence electrons. The Morgan fingerprint density at radius 2 is 2.19 bits per heavy atom. The van der Waals surface area contributed by atoms with E-state index in [9.17, 15) is 4.79 Å². The number of nitrogens with zero attached hydrogens (tertiary/aromatic N) is 1. The zero-order chi connectivity index (χ0) is 15.0. The molecule has 1 saturated heterocycles. The fraction of sp³-hybridized carbons (Fsp3) is 0.625. The first kappa shape index (κ1) is 14.3. The predicted molar refractivity (Wildman–Crippen MR) is 80.0 cm³/mol. The number of nitrogens with one attached hydrogen (secondary N) is 2. The number of hydrogen-bond donors (Lipinski definition) is 2. The van der Waals surface area contributed by atoms with Gasteiger partial charge in [0.15, 0.2) is 0 Å². The highest BCUT2D eigenvalue weighted by Gasteiger charge is 2.57. The van der Waals surface area contributed by atoms with Crippen LogP contribution in [0.25, 0.3) is 0 Å². The standard InChI is InChI=1S/C16H23N3O2/c1-10-5-4-6-18-15(10)21-9-16(2,3)19-14(20)13-11-7-17-8-12(11)13/h4-6,11-13,17H,7-9H2,1-3H3,(H,19,20)/t11-,12+,13+. The molecule has 5 heteroatoms. The van der Waals surface area contributed by atoms with E-state index in [0.29, 0.717) is 24.3 Å². The number of aromatic nitrogens is 1. The quantitative estimate of drug-likeness (QED) is 0.853. The summed E-state index contributed by atoms with van der Waals surface area (Å²) < 4.78 is 5.76. The number of amides is 1. The first-order chi connectivity index (χ1) is 9.98. The Bertz CT molecular complexity index is 534. The molecule has 0 radical (unpaired) electrons. The lowest BCUT2D eigenvalue weighted by atomic mass is 10.1. The first-order valence-electron chi connectivity index (χ1n) is 7.55. The summed E-state index contributed by atoms with van der Waals surface area (Å²) in [5.74, 6) is 2.08. The number of pyridine rings is 1. The molecule has 1 saturated carbocycles. The highest BCUT2D eigenvalue weighted by Crippen LogP contribution is 2.48. The lowest BCUT2D eigenvalue weighted by molar-refractivity contribution is -0.125. The zero-order valence-electron chi connectivity index (χ0n) is 12.8. The molecular weight excluding hydrogens is 266 g/mol. The maximum absolute atomic E-state index is 12.3. The fourth-order valence-electron chi connectivity index (χ4n) is 3.13. The summed E-state index contributed by atoms with van der Waals surface area (Å²) in [5, 5.41) is 6.43. The highest BCUT2D eigenvalue weighted by molar-refractivity contribution is 5.83. The molecule has 5 nitrogen and oxygen atoms in total. The highest BCUT2D eigenvalue weighted by atomic mass is 16.5. The van der Waals surface area contributed by atoms with Crippen LogP contribution in [0.2, 0.25) is 0 Å². The van der Waals surface area contributed by atoms with E-state index in [-0.39, 0.29) is 11.8 Å². The van der Waals surface area contributed by atoms with Gasteiger partial charge < -0.3 is 15.4 Å². The summed E-state index contributed by atoms with van der Waals surface area (Å²) >= 11 is 0. The molecule has 1 aromatic rings. The van der Waals surface area contributed by atoms with E-state index in [2.05, 4.69) is 15.6 Å². The summed E-state index contributed by atoms with van der Waals surface area (Å²) in [6, 6.07) is 3.85. The Morgan fingerprint density at radius 3 is 2.86 bits per heavy atom. The molecule has 21 heavy (non-hydrogen) atoms. The maximum atomic E-state index is 12.3. The molecule has 0 unspecified atom stereocenters. The van der Waals surface area contributed by atoms with Crippen LogP contribution in [-0.2, 0) is 4.79 Å². The molecule has 2 fully saturated rings. The van der Waals surface area contributed by atoms with Crippen LogP contribution in [0.3, 0.4) is 0 Å². The minimum absolute atomic E-state index is 0.165. The van der Waals surface area contributed by atoms with Crippen molar-refractivity contribution in [3.8, 4) is 5.88 Å². The van der Waals surface area contributed by atoms with Crippen molar-refractivity contribution in [3.63, 3.8) is 0 Å². The molecule has 0 bridgehead atoms. The molecule has 0 spiro atoms. The molecule has 2 N–H and O–H groups in total. The Labute approximate surface area is 125 Å². The molecule has 1 aliphatic heterocycles. The summed E-state index contributed by atoms with van der Waals surface area (Å²) in [4.78, 5) is 16.5. The van der Waals surface area contributed by atoms with E-state index in [0.717, 1.165) is 18.7 Å². The summed E-state index contributed by atoms with van der Waals surface area (Å²) in [7, 11) is 0. The van der Waals surface area contributed by atoms with Gasteiger partial charge in [-0.15, -0.1) is 0 Å². The topological polar surface area (TPSA) is 63.2 Å². The molecule has 2 aliphatic rings. The average molecular weight is 289 g/mol. The summed E-state index contributed by atoms with van der Waals surface area (Å²) in [5.41, 5.74) is 0.605. The van der Waals surface area contributed by atoms with E-state index in [1.165, 1.54) is 0 Å². The number of fused-ring (bicyclic) bond motifs is 1. The minimum atomic E-state index is -0.397. The third-order valence-corrected chi connectivity index (χ3v) is 4.39.